The van der Waals surface area contributed by atoms with E-state index in [0.29, 0.717) is 25.7 Å². The monoisotopic (exact) mass is 520 g/mol. The maximum absolute atomic E-state index is 11.6. The molecule has 16 heteroatoms. The second-order valence-electron chi connectivity index (χ2n) is 6.65. The Bertz CT molecular complexity index is 598. The molecule has 0 aromatic carbocycles. The van der Waals surface area contributed by atoms with Crippen LogP contribution in [-0.4, -0.2) is 47.8 Å². The van der Waals surface area contributed by atoms with Gasteiger partial charge in [0.15, 0.2) is 0 Å². The molecule has 2 atom stereocenters. The maximum Gasteiger partial charge on any atom is 1.00 e. The number of rotatable bonds is 17. The van der Waals surface area contributed by atoms with Crippen LogP contribution in [0.4, 0.5) is 0 Å². The van der Waals surface area contributed by atoms with Crippen molar-refractivity contribution < 1.29 is 167 Å². The molecule has 0 radical (unpaired) electrons. The summed E-state index contributed by atoms with van der Waals surface area (Å²) in [5.74, 6) is -7.87. The number of carboxylic acids is 4. The molecular formula is C18H24N2Na4O10. The zero-order valence-corrected chi connectivity index (χ0v) is 28.3. The normalized spacial score (nSPS) is 10.9. The van der Waals surface area contributed by atoms with Crippen molar-refractivity contribution >= 4 is 35.7 Å². The number of carboxylic acid groups (broad SMARTS) is 4. The fourth-order valence-electron chi connectivity index (χ4n) is 2.53. The molecule has 12 nitrogen and oxygen atoms in total. The van der Waals surface area contributed by atoms with Crippen LogP contribution in [0.5, 0.6) is 0 Å². The van der Waals surface area contributed by atoms with Crippen LogP contribution in [-0.2, 0) is 28.8 Å². The Hall–Kier alpha value is 0.820. The smallest absolute Gasteiger partial charge is 0.550 e. The quantitative estimate of drug-likeness (QED) is 0.136. The molecule has 0 bridgehead atoms. The minimum atomic E-state index is -1.71. The van der Waals surface area contributed by atoms with Gasteiger partial charge in [-0.2, -0.15) is 0 Å². The second-order valence-corrected chi connectivity index (χ2v) is 6.65. The van der Waals surface area contributed by atoms with Crippen molar-refractivity contribution in [2.45, 2.75) is 76.3 Å². The van der Waals surface area contributed by atoms with Crippen molar-refractivity contribution in [1.29, 1.82) is 0 Å². The Labute approximate surface area is 286 Å². The van der Waals surface area contributed by atoms with E-state index in [4.69, 9.17) is 0 Å². The van der Waals surface area contributed by atoms with Crippen LogP contribution in [0, 0.1) is 0 Å². The Morgan fingerprint density at radius 1 is 0.500 bits per heavy atom. The molecule has 0 saturated heterocycles. The van der Waals surface area contributed by atoms with E-state index in [0.717, 1.165) is 12.8 Å². The van der Waals surface area contributed by atoms with Gasteiger partial charge < -0.3 is 50.2 Å². The Morgan fingerprint density at radius 3 is 1.00 bits per heavy atom. The van der Waals surface area contributed by atoms with E-state index in [1.807, 2.05) is 0 Å². The largest absolute Gasteiger partial charge is 1.00 e. The molecule has 0 aliphatic rings. The fourth-order valence-corrected chi connectivity index (χ4v) is 2.53. The van der Waals surface area contributed by atoms with Gasteiger partial charge in [0.25, 0.3) is 0 Å². The number of carbonyl (C=O) groups is 6. The first-order valence-electron chi connectivity index (χ1n) is 9.43. The molecule has 0 aromatic rings. The van der Waals surface area contributed by atoms with Crippen LogP contribution in [0.25, 0.3) is 0 Å². The summed E-state index contributed by atoms with van der Waals surface area (Å²) in [6, 6.07) is -3.28. The van der Waals surface area contributed by atoms with Crippen LogP contribution < -0.4 is 149 Å². The Morgan fingerprint density at radius 2 is 0.765 bits per heavy atom. The average Bonchev–Trinajstić information content (AvgIpc) is 2.61. The van der Waals surface area contributed by atoms with E-state index in [2.05, 4.69) is 10.6 Å². The standard InChI is InChI=1S/C18H28N2O10.4Na/c21-13(19-11(17(27)28)9-15(23)24)7-5-3-1-2-4-6-8-14(22)20-12(18(29)30)10-16(25)26;;;;/h11-12H,1-10H2,(H,19,21)(H,20,22)(H,23,24)(H,25,26)(H,27,28)(H,29,30);;;;/q;4*+1/p-4/t11-,12-;;;;/m0..../s1. The molecule has 0 spiro atoms. The van der Waals surface area contributed by atoms with Crippen molar-refractivity contribution in [2.75, 3.05) is 0 Å². The summed E-state index contributed by atoms with van der Waals surface area (Å²) in [7, 11) is 0. The third kappa shape index (κ3) is 25.9. The van der Waals surface area contributed by atoms with Crippen molar-refractivity contribution in [3.8, 4) is 0 Å². The number of carbonyl (C=O) groups excluding carboxylic acids is 6. The molecule has 0 aliphatic heterocycles. The fraction of sp³-hybridized carbons (Fsp3) is 0.667. The van der Waals surface area contributed by atoms with E-state index in [9.17, 15) is 49.2 Å². The molecule has 2 amide bonds. The van der Waals surface area contributed by atoms with E-state index in [-0.39, 0.29) is 131 Å². The minimum Gasteiger partial charge on any atom is -0.550 e. The van der Waals surface area contributed by atoms with Crippen LogP contribution in [0.1, 0.15) is 64.2 Å². The summed E-state index contributed by atoms with van der Waals surface area (Å²) in [6.07, 6.45) is 1.93. The van der Waals surface area contributed by atoms with Crippen molar-refractivity contribution in [3.63, 3.8) is 0 Å². The van der Waals surface area contributed by atoms with Gasteiger partial charge in [0.2, 0.25) is 11.8 Å². The van der Waals surface area contributed by atoms with Gasteiger partial charge in [-0.3, -0.25) is 9.59 Å². The summed E-state index contributed by atoms with van der Waals surface area (Å²) in [5, 5.41) is 46.4. The predicted octanol–water partition coefficient (Wildman–Crippen LogP) is -17.1. The zero-order valence-electron chi connectivity index (χ0n) is 20.3. The van der Waals surface area contributed by atoms with Crippen molar-refractivity contribution in [2.24, 2.45) is 0 Å². The first-order valence-corrected chi connectivity index (χ1v) is 9.43. The molecule has 34 heavy (non-hydrogen) atoms. The van der Waals surface area contributed by atoms with Crippen LogP contribution >= 0.6 is 0 Å². The van der Waals surface area contributed by atoms with Gasteiger partial charge in [-0.1, -0.05) is 25.7 Å². The summed E-state index contributed by atoms with van der Waals surface area (Å²) in [4.78, 5) is 65.5. The number of aliphatic carboxylic acids is 4. The van der Waals surface area contributed by atoms with Crippen molar-refractivity contribution in [1.82, 2.24) is 10.6 Å². The number of hydrogen-bond acceptors (Lipinski definition) is 10. The number of amides is 2. The topological polar surface area (TPSA) is 219 Å². The molecule has 0 heterocycles. The van der Waals surface area contributed by atoms with E-state index in [1.54, 1.807) is 0 Å². The van der Waals surface area contributed by atoms with E-state index >= 15 is 0 Å². The molecule has 0 saturated carbocycles. The van der Waals surface area contributed by atoms with Crippen LogP contribution in [0.2, 0.25) is 0 Å². The molecule has 0 unspecified atom stereocenters. The third-order valence-corrected chi connectivity index (χ3v) is 4.04. The van der Waals surface area contributed by atoms with Crippen LogP contribution in [0.15, 0.2) is 0 Å². The van der Waals surface area contributed by atoms with E-state index in [1.165, 1.54) is 0 Å². The summed E-state index contributed by atoms with van der Waals surface area (Å²) in [5.41, 5.74) is 0. The summed E-state index contributed by atoms with van der Waals surface area (Å²) >= 11 is 0. The number of nitrogens with one attached hydrogen (secondary N) is 2. The third-order valence-electron chi connectivity index (χ3n) is 4.04. The van der Waals surface area contributed by atoms with Gasteiger partial charge >= 0.3 is 118 Å². The Kier molecular flexibility index (Phi) is 35.4. The minimum absolute atomic E-state index is 0. The summed E-state index contributed by atoms with van der Waals surface area (Å²) < 4.78 is 0. The molecule has 0 aromatic heterocycles. The molecule has 170 valence electrons. The van der Waals surface area contributed by atoms with Gasteiger partial charge in [-0.15, -0.1) is 0 Å². The molecule has 0 aliphatic carbocycles. The number of unbranched alkanes of at least 4 members (excludes halogenated alkanes) is 5. The first-order chi connectivity index (χ1) is 14.0. The second kappa shape index (κ2) is 26.9. The zero-order chi connectivity index (χ0) is 23.1. The van der Waals surface area contributed by atoms with Gasteiger partial charge in [0.05, 0.1) is 24.0 Å². The molecular weight excluding hydrogens is 496 g/mol. The Balaban J connectivity index is -0.000000701. The van der Waals surface area contributed by atoms with Gasteiger partial charge in [0, 0.05) is 37.6 Å². The molecule has 2 N–H and O–H groups in total. The molecule has 0 fully saturated rings. The molecule has 0 rings (SSSR count). The van der Waals surface area contributed by atoms with Crippen molar-refractivity contribution in [3.05, 3.63) is 0 Å². The number of hydrogen-bond donors (Lipinski definition) is 2. The maximum atomic E-state index is 11.6. The van der Waals surface area contributed by atoms with Gasteiger partial charge in [0.1, 0.15) is 0 Å². The predicted molar refractivity (Wildman–Crippen MR) is 90.1 cm³/mol. The van der Waals surface area contributed by atoms with Crippen LogP contribution in [0.3, 0.4) is 0 Å². The first kappa shape index (κ1) is 44.8. The van der Waals surface area contributed by atoms with E-state index < -0.39 is 60.6 Å². The summed E-state index contributed by atoms with van der Waals surface area (Å²) in [6.45, 7) is 0. The average molecular weight is 520 g/mol. The van der Waals surface area contributed by atoms with Gasteiger partial charge in [-0.05, 0) is 12.8 Å². The van der Waals surface area contributed by atoms with Gasteiger partial charge in [-0.25, -0.2) is 0 Å². The SMILES string of the molecule is O=C([O-])C[C@H](NC(=O)CCCCCCCCC(=O)N[C@@H](CC(=O)[O-])C(=O)[O-])C(=O)[O-].[Na+].[Na+].[Na+].[Na+].